The van der Waals surface area contributed by atoms with Gasteiger partial charge in [0.15, 0.2) is 15.9 Å². The number of fused-ring (bicyclic) bond motifs is 1. The fraction of sp³-hybridized carbons (Fsp3) is 0. The SMILES string of the molecule is N#Cc1cnc2[nH]nc(Br)c2n1. The minimum atomic E-state index is 0.282. The van der Waals surface area contributed by atoms with Crippen molar-refractivity contribution >= 4 is 27.1 Å². The third kappa shape index (κ3) is 0.950. The largest absolute Gasteiger partial charge is 0.258 e. The molecule has 0 radical (unpaired) electrons. The lowest BCUT2D eigenvalue weighted by Gasteiger charge is -1.87. The van der Waals surface area contributed by atoms with Crippen LogP contribution >= 0.6 is 15.9 Å². The van der Waals surface area contributed by atoms with Gasteiger partial charge in [-0.3, -0.25) is 5.10 Å². The van der Waals surface area contributed by atoms with E-state index in [4.69, 9.17) is 5.26 Å². The smallest absolute Gasteiger partial charge is 0.175 e. The molecule has 0 fully saturated rings. The molecular formula is C6H2BrN5. The van der Waals surface area contributed by atoms with Gasteiger partial charge in [-0.2, -0.15) is 10.4 Å². The Morgan fingerprint density at radius 2 is 2.42 bits per heavy atom. The molecule has 0 spiro atoms. The van der Waals surface area contributed by atoms with Crippen LogP contribution in [0.3, 0.4) is 0 Å². The molecule has 2 heterocycles. The molecule has 58 valence electrons. The molecule has 6 heteroatoms. The van der Waals surface area contributed by atoms with Crippen LogP contribution in [0.25, 0.3) is 11.2 Å². The molecule has 2 aromatic heterocycles. The molecule has 0 unspecified atom stereocenters. The van der Waals surface area contributed by atoms with E-state index in [1.54, 1.807) is 0 Å². The number of rotatable bonds is 0. The Bertz CT molecular complexity index is 468. The van der Waals surface area contributed by atoms with Gasteiger partial charge in [0.2, 0.25) is 0 Å². The van der Waals surface area contributed by atoms with Crippen molar-refractivity contribution in [3.63, 3.8) is 0 Å². The molecule has 2 aromatic rings. The highest BCUT2D eigenvalue weighted by Gasteiger charge is 2.05. The Kier molecular flexibility index (Phi) is 1.52. The van der Waals surface area contributed by atoms with E-state index in [0.717, 1.165) is 0 Å². The lowest BCUT2D eigenvalue weighted by molar-refractivity contribution is 1.08. The number of H-pyrrole nitrogens is 1. The highest BCUT2D eigenvalue weighted by atomic mass is 79.9. The van der Waals surface area contributed by atoms with Gasteiger partial charge < -0.3 is 0 Å². The number of aromatic amines is 1. The highest BCUT2D eigenvalue weighted by Crippen LogP contribution is 2.16. The van der Waals surface area contributed by atoms with E-state index in [-0.39, 0.29) is 5.69 Å². The molecule has 0 aliphatic carbocycles. The highest BCUT2D eigenvalue weighted by molar-refractivity contribution is 9.10. The summed E-state index contributed by atoms with van der Waals surface area (Å²) in [6, 6.07) is 1.90. The fourth-order valence-corrected chi connectivity index (χ4v) is 1.19. The maximum Gasteiger partial charge on any atom is 0.175 e. The van der Waals surface area contributed by atoms with Crippen molar-refractivity contribution < 1.29 is 0 Å². The molecule has 0 aromatic carbocycles. The predicted molar refractivity (Wildman–Crippen MR) is 44.1 cm³/mol. The van der Waals surface area contributed by atoms with Gasteiger partial charge in [0, 0.05) is 0 Å². The zero-order valence-electron chi connectivity index (χ0n) is 5.74. The van der Waals surface area contributed by atoms with Crippen LogP contribution in [0.2, 0.25) is 0 Å². The molecule has 0 saturated heterocycles. The van der Waals surface area contributed by atoms with Crippen molar-refractivity contribution in [2.24, 2.45) is 0 Å². The number of hydrogen-bond acceptors (Lipinski definition) is 4. The predicted octanol–water partition coefficient (Wildman–Crippen LogP) is 0.987. The number of halogens is 1. The maximum absolute atomic E-state index is 8.53. The molecular weight excluding hydrogens is 222 g/mol. The molecule has 0 aliphatic heterocycles. The molecule has 0 saturated carbocycles. The van der Waals surface area contributed by atoms with Gasteiger partial charge in [0.1, 0.15) is 11.6 Å². The Labute approximate surface area is 75.6 Å². The van der Waals surface area contributed by atoms with E-state index in [1.165, 1.54) is 6.20 Å². The first kappa shape index (κ1) is 7.18. The average molecular weight is 224 g/mol. The topological polar surface area (TPSA) is 78.2 Å². The summed E-state index contributed by atoms with van der Waals surface area (Å²) in [6.45, 7) is 0. The van der Waals surface area contributed by atoms with Gasteiger partial charge in [-0.15, -0.1) is 0 Å². The van der Waals surface area contributed by atoms with E-state index in [1.807, 2.05) is 6.07 Å². The van der Waals surface area contributed by atoms with Gasteiger partial charge in [-0.1, -0.05) is 0 Å². The van der Waals surface area contributed by atoms with Crippen molar-refractivity contribution in [1.82, 2.24) is 20.2 Å². The summed E-state index contributed by atoms with van der Waals surface area (Å²) in [6.07, 6.45) is 1.40. The number of nitrogens with one attached hydrogen (secondary N) is 1. The molecule has 0 aliphatic rings. The van der Waals surface area contributed by atoms with Crippen molar-refractivity contribution in [3.05, 3.63) is 16.5 Å². The lowest BCUT2D eigenvalue weighted by Crippen LogP contribution is -1.85. The normalized spacial score (nSPS) is 10.0. The van der Waals surface area contributed by atoms with E-state index in [2.05, 4.69) is 36.1 Å². The van der Waals surface area contributed by atoms with Crippen LogP contribution < -0.4 is 0 Å². The first-order chi connectivity index (χ1) is 5.81. The number of aromatic nitrogens is 4. The average Bonchev–Trinajstić information content (AvgIpc) is 2.47. The summed E-state index contributed by atoms with van der Waals surface area (Å²) < 4.78 is 0.571. The Morgan fingerprint density at radius 1 is 1.58 bits per heavy atom. The second-order valence-electron chi connectivity index (χ2n) is 2.08. The van der Waals surface area contributed by atoms with Crippen LogP contribution in [0, 0.1) is 11.3 Å². The summed E-state index contributed by atoms with van der Waals surface area (Å²) >= 11 is 3.18. The van der Waals surface area contributed by atoms with Crippen LogP contribution in [-0.4, -0.2) is 20.2 Å². The molecule has 2 rings (SSSR count). The van der Waals surface area contributed by atoms with E-state index >= 15 is 0 Å². The quantitative estimate of drug-likeness (QED) is 0.723. The Balaban J connectivity index is 2.82. The van der Waals surface area contributed by atoms with Crippen LogP contribution in [0.15, 0.2) is 10.8 Å². The van der Waals surface area contributed by atoms with Gasteiger partial charge in [-0.25, -0.2) is 9.97 Å². The Morgan fingerprint density at radius 3 is 3.17 bits per heavy atom. The minimum absolute atomic E-state index is 0.282. The first-order valence-electron chi connectivity index (χ1n) is 3.08. The van der Waals surface area contributed by atoms with Gasteiger partial charge in [-0.05, 0) is 15.9 Å². The summed E-state index contributed by atoms with van der Waals surface area (Å²) in [5.41, 5.74) is 1.43. The zero-order valence-corrected chi connectivity index (χ0v) is 7.33. The second kappa shape index (κ2) is 2.53. The van der Waals surface area contributed by atoms with Crippen molar-refractivity contribution in [2.75, 3.05) is 0 Å². The van der Waals surface area contributed by atoms with Gasteiger partial charge >= 0.3 is 0 Å². The van der Waals surface area contributed by atoms with Gasteiger partial charge in [0.25, 0.3) is 0 Å². The van der Waals surface area contributed by atoms with E-state index < -0.39 is 0 Å². The molecule has 0 atom stereocenters. The van der Waals surface area contributed by atoms with E-state index in [9.17, 15) is 0 Å². The van der Waals surface area contributed by atoms with Crippen LogP contribution in [0.5, 0.6) is 0 Å². The fourth-order valence-electron chi connectivity index (χ4n) is 0.824. The third-order valence-corrected chi connectivity index (χ3v) is 1.90. The van der Waals surface area contributed by atoms with Crippen molar-refractivity contribution in [2.45, 2.75) is 0 Å². The summed E-state index contributed by atoms with van der Waals surface area (Å²) in [5, 5.41) is 15.0. The standard InChI is InChI=1S/C6H2BrN5/c7-5-4-6(12-11-5)9-2-3(1-8)10-4/h2H,(H,9,11,12). The molecule has 1 N–H and O–H groups in total. The van der Waals surface area contributed by atoms with Crippen molar-refractivity contribution in [1.29, 1.82) is 5.26 Å². The van der Waals surface area contributed by atoms with Crippen LogP contribution in [-0.2, 0) is 0 Å². The molecule has 0 bridgehead atoms. The summed E-state index contributed by atoms with van der Waals surface area (Å²) in [5.74, 6) is 0. The Hall–Kier alpha value is -1.48. The van der Waals surface area contributed by atoms with E-state index in [0.29, 0.717) is 15.8 Å². The summed E-state index contributed by atoms with van der Waals surface area (Å²) in [7, 11) is 0. The van der Waals surface area contributed by atoms with Gasteiger partial charge in [0.05, 0.1) is 6.20 Å². The van der Waals surface area contributed by atoms with Crippen LogP contribution in [0.4, 0.5) is 0 Å². The number of nitrogens with zero attached hydrogens (tertiary/aromatic N) is 4. The maximum atomic E-state index is 8.53. The van der Waals surface area contributed by atoms with Crippen LogP contribution in [0.1, 0.15) is 5.69 Å². The molecule has 12 heavy (non-hydrogen) atoms. The number of nitriles is 1. The summed E-state index contributed by atoms with van der Waals surface area (Å²) in [4.78, 5) is 7.93. The minimum Gasteiger partial charge on any atom is -0.258 e. The zero-order chi connectivity index (χ0) is 8.55. The third-order valence-electron chi connectivity index (χ3n) is 1.34. The lowest BCUT2D eigenvalue weighted by atomic mass is 10.4. The first-order valence-corrected chi connectivity index (χ1v) is 3.87. The molecule has 5 nitrogen and oxygen atoms in total. The number of hydrogen-bond donors (Lipinski definition) is 1. The second-order valence-corrected chi connectivity index (χ2v) is 2.83. The monoisotopic (exact) mass is 223 g/mol. The van der Waals surface area contributed by atoms with Crippen molar-refractivity contribution in [3.8, 4) is 6.07 Å². The molecule has 0 amide bonds.